The standard InChI is InChI=1S/C18H26F2N4O3.HI/c1-3-26-18(25)24-9-6-14(7-10-24)23-17(21-2)22-8-11-27-16-5-4-13(19)12-15(16)20;/h4-5,12,14H,3,6-11H2,1-2H3,(H2,21,22,23);1H. The number of ether oxygens (including phenoxy) is 2. The number of nitrogens with zero attached hydrogens (tertiary/aromatic N) is 2. The molecule has 1 fully saturated rings. The third-order valence-corrected chi connectivity index (χ3v) is 4.13. The Hall–Kier alpha value is -1.85. The van der Waals surface area contributed by atoms with Gasteiger partial charge in [0.25, 0.3) is 0 Å². The normalized spacial score (nSPS) is 14.9. The zero-order valence-corrected chi connectivity index (χ0v) is 18.4. The maximum Gasteiger partial charge on any atom is 0.409 e. The molecule has 0 saturated carbocycles. The molecule has 1 aromatic carbocycles. The second-order valence-corrected chi connectivity index (χ2v) is 6.03. The first-order valence-electron chi connectivity index (χ1n) is 9.00. The quantitative estimate of drug-likeness (QED) is 0.266. The second kappa shape index (κ2) is 12.6. The Morgan fingerprint density at radius 1 is 1.32 bits per heavy atom. The minimum absolute atomic E-state index is 0. The average molecular weight is 512 g/mol. The summed E-state index contributed by atoms with van der Waals surface area (Å²) in [5.74, 6) is -0.761. The van der Waals surface area contributed by atoms with E-state index in [1.165, 1.54) is 6.07 Å². The third kappa shape index (κ3) is 7.64. The van der Waals surface area contributed by atoms with Crippen LogP contribution in [0.5, 0.6) is 5.75 Å². The minimum atomic E-state index is -0.731. The van der Waals surface area contributed by atoms with Crippen molar-refractivity contribution in [3.8, 4) is 5.75 Å². The summed E-state index contributed by atoms with van der Waals surface area (Å²) in [4.78, 5) is 17.5. The van der Waals surface area contributed by atoms with Gasteiger partial charge in [-0.05, 0) is 31.9 Å². The van der Waals surface area contributed by atoms with Gasteiger partial charge in [0.1, 0.15) is 12.4 Å². The molecule has 2 rings (SSSR count). The van der Waals surface area contributed by atoms with Gasteiger partial charge in [0.05, 0.1) is 13.2 Å². The van der Waals surface area contributed by atoms with Gasteiger partial charge in [-0.1, -0.05) is 0 Å². The monoisotopic (exact) mass is 512 g/mol. The zero-order chi connectivity index (χ0) is 19.6. The van der Waals surface area contributed by atoms with Crippen molar-refractivity contribution < 1.29 is 23.0 Å². The minimum Gasteiger partial charge on any atom is -0.489 e. The van der Waals surface area contributed by atoms with E-state index in [2.05, 4.69) is 15.6 Å². The first-order chi connectivity index (χ1) is 13.0. The van der Waals surface area contributed by atoms with Crippen LogP contribution >= 0.6 is 24.0 Å². The number of benzene rings is 1. The Bertz CT molecular complexity index is 656. The lowest BCUT2D eigenvalue weighted by atomic mass is 10.1. The lowest BCUT2D eigenvalue weighted by Gasteiger charge is -2.32. The summed E-state index contributed by atoms with van der Waals surface area (Å²) in [5, 5.41) is 6.38. The van der Waals surface area contributed by atoms with Gasteiger partial charge in [-0.2, -0.15) is 0 Å². The molecule has 1 aromatic rings. The van der Waals surface area contributed by atoms with Crippen molar-refractivity contribution in [2.75, 3.05) is 39.9 Å². The lowest BCUT2D eigenvalue weighted by Crippen LogP contribution is -2.50. The predicted octanol–water partition coefficient (Wildman–Crippen LogP) is 2.75. The van der Waals surface area contributed by atoms with Crippen LogP contribution in [0.1, 0.15) is 19.8 Å². The number of likely N-dealkylation sites (tertiary alicyclic amines) is 1. The molecule has 10 heteroatoms. The van der Waals surface area contributed by atoms with Crippen LogP contribution in [0.2, 0.25) is 0 Å². The molecule has 0 radical (unpaired) electrons. The van der Waals surface area contributed by atoms with Crippen LogP contribution < -0.4 is 15.4 Å². The van der Waals surface area contributed by atoms with E-state index < -0.39 is 11.6 Å². The Morgan fingerprint density at radius 3 is 2.64 bits per heavy atom. The Labute approximate surface area is 180 Å². The van der Waals surface area contributed by atoms with Crippen molar-refractivity contribution in [1.29, 1.82) is 0 Å². The van der Waals surface area contributed by atoms with Gasteiger partial charge >= 0.3 is 6.09 Å². The number of hydrogen-bond donors (Lipinski definition) is 2. The zero-order valence-electron chi connectivity index (χ0n) is 16.0. The highest BCUT2D eigenvalue weighted by molar-refractivity contribution is 14.0. The number of carbonyl (C=O) groups excluding carboxylic acids is 1. The van der Waals surface area contributed by atoms with Crippen molar-refractivity contribution in [3.05, 3.63) is 29.8 Å². The number of piperidine rings is 1. The summed E-state index contributed by atoms with van der Waals surface area (Å²) in [6, 6.07) is 3.38. The molecule has 0 bridgehead atoms. The number of hydrogen-bond acceptors (Lipinski definition) is 4. The van der Waals surface area contributed by atoms with E-state index in [9.17, 15) is 13.6 Å². The Morgan fingerprint density at radius 2 is 2.04 bits per heavy atom. The number of carbonyl (C=O) groups is 1. The molecule has 7 nitrogen and oxygen atoms in total. The van der Waals surface area contributed by atoms with Gasteiger partial charge in [0.15, 0.2) is 17.5 Å². The fraction of sp³-hybridized carbons (Fsp3) is 0.556. The van der Waals surface area contributed by atoms with Crippen LogP contribution in [0.4, 0.5) is 13.6 Å². The maximum atomic E-state index is 13.5. The smallest absolute Gasteiger partial charge is 0.409 e. The van der Waals surface area contributed by atoms with E-state index in [-0.39, 0.29) is 48.5 Å². The van der Waals surface area contributed by atoms with E-state index in [4.69, 9.17) is 9.47 Å². The van der Waals surface area contributed by atoms with Crippen molar-refractivity contribution >= 4 is 36.0 Å². The van der Waals surface area contributed by atoms with Crippen molar-refractivity contribution in [1.82, 2.24) is 15.5 Å². The third-order valence-electron chi connectivity index (χ3n) is 4.13. The molecule has 0 aromatic heterocycles. The molecule has 0 aliphatic carbocycles. The van der Waals surface area contributed by atoms with Gasteiger partial charge in [-0.15, -0.1) is 24.0 Å². The molecule has 158 valence electrons. The molecule has 0 unspecified atom stereocenters. The Balaban J connectivity index is 0.00000392. The highest BCUT2D eigenvalue weighted by Crippen LogP contribution is 2.17. The molecule has 1 amide bonds. The molecule has 0 atom stereocenters. The van der Waals surface area contributed by atoms with Gasteiger partial charge in [0.2, 0.25) is 0 Å². The van der Waals surface area contributed by atoms with E-state index in [1.807, 2.05) is 0 Å². The molecule has 1 heterocycles. The number of halogens is 3. The average Bonchev–Trinajstić information content (AvgIpc) is 2.66. The topological polar surface area (TPSA) is 75.2 Å². The molecular formula is C18H27F2IN4O3. The summed E-state index contributed by atoms with van der Waals surface area (Å²) in [7, 11) is 1.66. The molecule has 28 heavy (non-hydrogen) atoms. The van der Waals surface area contributed by atoms with Crippen LogP contribution in [0.25, 0.3) is 0 Å². The summed E-state index contributed by atoms with van der Waals surface area (Å²) in [5.41, 5.74) is 0. The van der Waals surface area contributed by atoms with Gasteiger partial charge in [-0.25, -0.2) is 13.6 Å². The van der Waals surface area contributed by atoms with Crippen LogP contribution in [0.3, 0.4) is 0 Å². The second-order valence-electron chi connectivity index (χ2n) is 6.03. The Kier molecular flexibility index (Phi) is 10.9. The number of nitrogens with one attached hydrogen (secondary N) is 2. The number of rotatable bonds is 6. The molecule has 0 spiro atoms. The summed E-state index contributed by atoms with van der Waals surface area (Å²) in [6.45, 7) is 4.01. The van der Waals surface area contributed by atoms with Gasteiger partial charge in [0, 0.05) is 32.2 Å². The van der Waals surface area contributed by atoms with Gasteiger partial charge in [-0.3, -0.25) is 4.99 Å². The largest absolute Gasteiger partial charge is 0.489 e. The van der Waals surface area contributed by atoms with Gasteiger partial charge < -0.3 is 25.0 Å². The lowest BCUT2D eigenvalue weighted by molar-refractivity contribution is 0.0963. The predicted molar refractivity (Wildman–Crippen MR) is 113 cm³/mol. The molecule has 2 N–H and O–H groups in total. The van der Waals surface area contributed by atoms with Crippen LogP contribution in [0.15, 0.2) is 23.2 Å². The summed E-state index contributed by atoms with van der Waals surface area (Å²) in [6.07, 6.45) is 1.30. The number of guanidine groups is 1. The van der Waals surface area contributed by atoms with E-state index in [1.54, 1.807) is 18.9 Å². The van der Waals surface area contributed by atoms with E-state index in [0.717, 1.165) is 25.0 Å². The highest BCUT2D eigenvalue weighted by Gasteiger charge is 2.23. The number of amides is 1. The summed E-state index contributed by atoms with van der Waals surface area (Å²) >= 11 is 0. The first kappa shape index (κ1) is 24.2. The van der Waals surface area contributed by atoms with Crippen LogP contribution in [-0.2, 0) is 4.74 Å². The fourth-order valence-corrected chi connectivity index (χ4v) is 2.73. The number of aliphatic imine (C=N–C) groups is 1. The van der Waals surface area contributed by atoms with Crippen molar-refractivity contribution in [2.24, 2.45) is 4.99 Å². The van der Waals surface area contributed by atoms with Crippen LogP contribution in [-0.4, -0.2) is 62.9 Å². The summed E-state index contributed by atoms with van der Waals surface area (Å²) < 4.78 is 36.6. The fourth-order valence-electron chi connectivity index (χ4n) is 2.73. The highest BCUT2D eigenvalue weighted by atomic mass is 127. The molecule has 1 aliphatic rings. The first-order valence-corrected chi connectivity index (χ1v) is 9.00. The van der Waals surface area contributed by atoms with E-state index >= 15 is 0 Å². The van der Waals surface area contributed by atoms with Crippen molar-refractivity contribution in [2.45, 2.75) is 25.8 Å². The molecular weight excluding hydrogens is 485 g/mol. The van der Waals surface area contributed by atoms with E-state index in [0.29, 0.717) is 32.2 Å². The SMILES string of the molecule is CCOC(=O)N1CCC(NC(=NC)NCCOc2ccc(F)cc2F)CC1.I. The maximum absolute atomic E-state index is 13.5. The molecule has 1 saturated heterocycles. The van der Waals surface area contributed by atoms with Crippen LogP contribution in [0, 0.1) is 11.6 Å². The van der Waals surface area contributed by atoms with Crippen molar-refractivity contribution in [3.63, 3.8) is 0 Å². The molecule has 1 aliphatic heterocycles.